The summed E-state index contributed by atoms with van der Waals surface area (Å²) in [7, 11) is 0. The van der Waals surface area contributed by atoms with Crippen LogP contribution in [0.5, 0.6) is 11.5 Å². The van der Waals surface area contributed by atoms with Gasteiger partial charge in [0.2, 0.25) is 6.79 Å². The molecule has 1 aliphatic heterocycles. The Morgan fingerprint density at radius 2 is 2.00 bits per heavy atom. The van der Waals surface area contributed by atoms with Gasteiger partial charge in [-0.25, -0.2) is 4.79 Å². The third-order valence-electron chi connectivity index (χ3n) is 3.34. The van der Waals surface area contributed by atoms with Crippen LogP contribution in [0.3, 0.4) is 0 Å². The molecule has 2 rings (SSSR count). The zero-order valence-electron chi connectivity index (χ0n) is 14.5. The molecule has 1 heterocycles. The Kier molecular flexibility index (Phi) is 7.48. The third kappa shape index (κ3) is 6.46. The van der Waals surface area contributed by atoms with Gasteiger partial charge in [0.1, 0.15) is 0 Å². The SMILES string of the molecule is CCOC(=O)CCCNC(=O)COC(=O)/C=C/c1ccc2c(c1)OCO2. The highest BCUT2D eigenvalue weighted by Crippen LogP contribution is 2.32. The van der Waals surface area contributed by atoms with Gasteiger partial charge in [0.15, 0.2) is 18.1 Å². The molecule has 1 aromatic carbocycles. The van der Waals surface area contributed by atoms with E-state index in [9.17, 15) is 14.4 Å². The van der Waals surface area contributed by atoms with E-state index in [2.05, 4.69) is 5.32 Å². The van der Waals surface area contributed by atoms with Crippen LogP contribution in [-0.2, 0) is 23.9 Å². The quantitative estimate of drug-likeness (QED) is 0.402. The predicted molar refractivity (Wildman–Crippen MR) is 91.4 cm³/mol. The summed E-state index contributed by atoms with van der Waals surface area (Å²) >= 11 is 0. The molecule has 1 aliphatic rings. The van der Waals surface area contributed by atoms with Crippen molar-refractivity contribution in [2.45, 2.75) is 19.8 Å². The van der Waals surface area contributed by atoms with Gasteiger partial charge in [0, 0.05) is 19.0 Å². The lowest BCUT2D eigenvalue weighted by molar-refractivity contribution is -0.143. The number of ether oxygens (including phenoxy) is 4. The minimum absolute atomic E-state index is 0.180. The Labute approximate surface area is 151 Å². The fourth-order valence-corrected chi connectivity index (χ4v) is 2.11. The van der Waals surface area contributed by atoms with Gasteiger partial charge in [-0.1, -0.05) is 6.07 Å². The Bertz CT molecular complexity index is 684. The Morgan fingerprint density at radius 3 is 2.81 bits per heavy atom. The lowest BCUT2D eigenvalue weighted by Crippen LogP contribution is -2.29. The number of hydrogen-bond donors (Lipinski definition) is 1. The van der Waals surface area contributed by atoms with E-state index in [0.717, 1.165) is 5.56 Å². The molecule has 0 bridgehead atoms. The van der Waals surface area contributed by atoms with E-state index in [1.54, 1.807) is 31.2 Å². The first-order valence-electron chi connectivity index (χ1n) is 8.25. The summed E-state index contributed by atoms with van der Waals surface area (Å²) in [6, 6.07) is 5.26. The van der Waals surface area contributed by atoms with Gasteiger partial charge in [0.05, 0.1) is 6.61 Å². The van der Waals surface area contributed by atoms with Crippen molar-refractivity contribution in [3.05, 3.63) is 29.8 Å². The van der Waals surface area contributed by atoms with E-state index in [4.69, 9.17) is 18.9 Å². The summed E-state index contributed by atoms with van der Waals surface area (Å²) in [5, 5.41) is 2.56. The average molecular weight is 363 g/mol. The van der Waals surface area contributed by atoms with Gasteiger partial charge in [-0.3, -0.25) is 9.59 Å². The van der Waals surface area contributed by atoms with Gasteiger partial charge in [-0.15, -0.1) is 0 Å². The van der Waals surface area contributed by atoms with Crippen LogP contribution in [0, 0.1) is 0 Å². The lowest BCUT2D eigenvalue weighted by atomic mass is 10.2. The number of hydrogen-bond acceptors (Lipinski definition) is 7. The first-order valence-corrected chi connectivity index (χ1v) is 8.25. The highest BCUT2D eigenvalue weighted by molar-refractivity contribution is 5.89. The summed E-state index contributed by atoms with van der Waals surface area (Å²) < 4.78 is 20.1. The molecule has 0 saturated heterocycles. The normalized spacial score (nSPS) is 12.0. The summed E-state index contributed by atoms with van der Waals surface area (Å²) in [6.07, 6.45) is 3.47. The van der Waals surface area contributed by atoms with Gasteiger partial charge in [0.25, 0.3) is 5.91 Å². The topological polar surface area (TPSA) is 100 Å². The standard InChI is InChI=1S/C18H21NO7/c1-2-23-17(21)4-3-9-19-16(20)11-24-18(22)8-6-13-5-7-14-15(10-13)26-12-25-14/h5-8,10H,2-4,9,11-12H2,1H3,(H,19,20)/b8-6+. The van der Waals surface area contributed by atoms with Gasteiger partial charge >= 0.3 is 11.9 Å². The van der Waals surface area contributed by atoms with Crippen molar-refractivity contribution in [2.24, 2.45) is 0 Å². The van der Waals surface area contributed by atoms with Crippen molar-refractivity contribution in [1.29, 1.82) is 0 Å². The van der Waals surface area contributed by atoms with Gasteiger partial charge < -0.3 is 24.3 Å². The van der Waals surface area contributed by atoms with Crippen LogP contribution in [0.2, 0.25) is 0 Å². The molecule has 8 heteroatoms. The van der Waals surface area contributed by atoms with Crippen molar-refractivity contribution in [1.82, 2.24) is 5.32 Å². The van der Waals surface area contributed by atoms with E-state index < -0.39 is 11.9 Å². The minimum Gasteiger partial charge on any atom is -0.466 e. The zero-order valence-corrected chi connectivity index (χ0v) is 14.5. The molecule has 26 heavy (non-hydrogen) atoms. The number of carbonyl (C=O) groups is 3. The van der Waals surface area contributed by atoms with Crippen LogP contribution >= 0.6 is 0 Å². The van der Waals surface area contributed by atoms with Crippen LogP contribution in [0.15, 0.2) is 24.3 Å². The molecule has 1 amide bonds. The van der Waals surface area contributed by atoms with E-state index in [0.29, 0.717) is 31.1 Å². The maximum absolute atomic E-state index is 11.6. The average Bonchev–Trinajstić information content (AvgIpc) is 3.10. The molecular formula is C18H21NO7. The molecular weight excluding hydrogens is 342 g/mol. The summed E-state index contributed by atoms with van der Waals surface area (Å²) in [5.41, 5.74) is 0.745. The Balaban J connectivity index is 1.63. The van der Waals surface area contributed by atoms with Crippen molar-refractivity contribution in [2.75, 3.05) is 26.6 Å². The molecule has 0 spiro atoms. The second kappa shape index (κ2) is 10.1. The fourth-order valence-electron chi connectivity index (χ4n) is 2.11. The summed E-state index contributed by atoms with van der Waals surface area (Å²) in [4.78, 5) is 34.3. The predicted octanol–water partition coefficient (Wildman–Crippen LogP) is 1.43. The van der Waals surface area contributed by atoms with E-state index in [1.807, 2.05) is 0 Å². The molecule has 140 valence electrons. The van der Waals surface area contributed by atoms with Crippen LogP contribution in [0.1, 0.15) is 25.3 Å². The van der Waals surface area contributed by atoms with E-state index >= 15 is 0 Å². The van der Waals surface area contributed by atoms with Crippen molar-refractivity contribution in [3.8, 4) is 11.5 Å². The highest BCUT2D eigenvalue weighted by Gasteiger charge is 2.12. The fraction of sp³-hybridized carbons (Fsp3) is 0.389. The maximum atomic E-state index is 11.6. The second-order valence-corrected chi connectivity index (χ2v) is 5.31. The Hall–Kier alpha value is -3.03. The van der Waals surface area contributed by atoms with Crippen LogP contribution in [0.4, 0.5) is 0 Å². The first kappa shape index (κ1) is 19.3. The number of benzene rings is 1. The number of rotatable bonds is 9. The first-order chi connectivity index (χ1) is 12.6. The van der Waals surface area contributed by atoms with Crippen molar-refractivity contribution < 1.29 is 33.3 Å². The molecule has 0 saturated carbocycles. The molecule has 0 radical (unpaired) electrons. The summed E-state index contributed by atoms with van der Waals surface area (Å²) in [5.74, 6) is -0.100. The Morgan fingerprint density at radius 1 is 1.19 bits per heavy atom. The molecule has 0 atom stereocenters. The number of esters is 2. The third-order valence-corrected chi connectivity index (χ3v) is 3.34. The number of carbonyl (C=O) groups excluding carboxylic acids is 3. The molecule has 0 unspecified atom stereocenters. The van der Waals surface area contributed by atoms with Crippen LogP contribution < -0.4 is 14.8 Å². The lowest BCUT2D eigenvalue weighted by Gasteiger charge is -2.05. The molecule has 0 aliphatic carbocycles. The number of nitrogens with one attached hydrogen (secondary N) is 1. The summed E-state index contributed by atoms with van der Waals surface area (Å²) in [6.45, 7) is 2.17. The van der Waals surface area contributed by atoms with Crippen LogP contribution in [0.25, 0.3) is 6.08 Å². The molecule has 1 aromatic rings. The number of fused-ring (bicyclic) bond motifs is 1. The monoisotopic (exact) mass is 363 g/mol. The smallest absolute Gasteiger partial charge is 0.331 e. The molecule has 0 fully saturated rings. The van der Waals surface area contributed by atoms with E-state index in [-0.39, 0.29) is 25.8 Å². The minimum atomic E-state index is -0.635. The molecule has 1 N–H and O–H groups in total. The number of amides is 1. The van der Waals surface area contributed by atoms with Crippen molar-refractivity contribution in [3.63, 3.8) is 0 Å². The van der Waals surface area contributed by atoms with E-state index in [1.165, 1.54) is 6.08 Å². The highest BCUT2D eigenvalue weighted by atomic mass is 16.7. The zero-order chi connectivity index (χ0) is 18.8. The second-order valence-electron chi connectivity index (χ2n) is 5.31. The van der Waals surface area contributed by atoms with Crippen LogP contribution in [-0.4, -0.2) is 44.4 Å². The van der Waals surface area contributed by atoms with Gasteiger partial charge in [-0.05, 0) is 37.1 Å². The van der Waals surface area contributed by atoms with Crippen molar-refractivity contribution >= 4 is 23.9 Å². The van der Waals surface area contributed by atoms with Gasteiger partial charge in [-0.2, -0.15) is 0 Å². The maximum Gasteiger partial charge on any atom is 0.331 e. The molecule has 8 nitrogen and oxygen atoms in total. The molecule has 0 aromatic heterocycles. The largest absolute Gasteiger partial charge is 0.466 e.